The summed E-state index contributed by atoms with van der Waals surface area (Å²) in [6, 6.07) is 0. The third-order valence-electron chi connectivity index (χ3n) is 2.57. The Hall–Kier alpha value is -0.520. The van der Waals surface area contributed by atoms with Gasteiger partial charge in [0.1, 0.15) is 6.10 Å². The van der Waals surface area contributed by atoms with Gasteiger partial charge in [0.05, 0.1) is 5.60 Å². The summed E-state index contributed by atoms with van der Waals surface area (Å²) in [4.78, 5) is 0. The molecule has 2 fully saturated rings. The van der Waals surface area contributed by atoms with Crippen molar-refractivity contribution in [2.75, 3.05) is 0 Å². The van der Waals surface area contributed by atoms with Gasteiger partial charge in [-0.15, -0.1) is 6.42 Å². The molecule has 1 saturated carbocycles. The molecule has 1 aliphatic heterocycles. The summed E-state index contributed by atoms with van der Waals surface area (Å²) in [6.07, 6.45) is 6.64. The van der Waals surface area contributed by atoms with Crippen molar-refractivity contribution in [3.8, 4) is 12.3 Å². The molecule has 10 heavy (non-hydrogen) atoms. The minimum atomic E-state index is -0.964. The lowest BCUT2D eigenvalue weighted by Crippen LogP contribution is -2.30. The van der Waals surface area contributed by atoms with Crippen molar-refractivity contribution in [1.29, 1.82) is 0 Å². The van der Waals surface area contributed by atoms with Crippen LogP contribution < -0.4 is 0 Å². The topological polar surface area (TPSA) is 32.8 Å². The largest absolute Gasteiger partial charge is 0.375 e. The van der Waals surface area contributed by atoms with Crippen molar-refractivity contribution in [2.24, 2.45) is 0 Å². The maximum Gasteiger partial charge on any atom is 0.154 e. The molecule has 2 nitrogen and oxygen atoms in total. The number of epoxide rings is 1. The SMILES string of the molecule is C#C[C@]1(O)CC[C@@]2(C)O[C@H]21. The van der Waals surface area contributed by atoms with Gasteiger partial charge in [-0.05, 0) is 19.8 Å². The highest BCUT2D eigenvalue weighted by Gasteiger charge is 2.67. The van der Waals surface area contributed by atoms with Gasteiger partial charge in [-0.2, -0.15) is 0 Å². The highest BCUT2D eigenvalue weighted by atomic mass is 16.6. The van der Waals surface area contributed by atoms with Gasteiger partial charge < -0.3 is 9.84 Å². The molecule has 0 radical (unpaired) electrons. The number of fused-ring (bicyclic) bond motifs is 1. The molecule has 3 atom stereocenters. The minimum Gasteiger partial charge on any atom is -0.375 e. The summed E-state index contributed by atoms with van der Waals surface area (Å²) in [5.74, 6) is 2.39. The molecule has 1 heterocycles. The standard InChI is InChI=1S/C8H10O2/c1-3-8(9)5-4-7(2)6(8)10-7/h1,6,9H,4-5H2,2H3/t6-,7-,8+/m1/s1. The number of hydrogen-bond donors (Lipinski definition) is 1. The van der Waals surface area contributed by atoms with Gasteiger partial charge in [-0.25, -0.2) is 0 Å². The minimum absolute atomic E-state index is 0.0926. The van der Waals surface area contributed by atoms with E-state index >= 15 is 0 Å². The Bertz CT molecular complexity index is 218. The van der Waals surface area contributed by atoms with Crippen molar-refractivity contribution in [3.05, 3.63) is 0 Å². The monoisotopic (exact) mass is 138 g/mol. The molecule has 1 saturated heterocycles. The lowest BCUT2D eigenvalue weighted by atomic mass is 10.0. The van der Waals surface area contributed by atoms with Gasteiger partial charge in [0.15, 0.2) is 5.60 Å². The van der Waals surface area contributed by atoms with Gasteiger partial charge in [0.2, 0.25) is 0 Å². The van der Waals surface area contributed by atoms with Crippen molar-refractivity contribution < 1.29 is 9.84 Å². The van der Waals surface area contributed by atoms with Crippen molar-refractivity contribution in [1.82, 2.24) is 0 Å². The first-order chi connectivity index (χ1) is 4.61. The van der Waals surface area contributed by atoms with Crippen LogP contribution in [-0.4, -0.2) is 22.4 Å². The van der Waals surface area contributed by atoms with Crippen LogP contribution in [0.15, 0.2) is 0 Å². The Morgan fingerprint density at radius 2 is 2.40 bits per heavy atom. The van der Waals surface area contributed by atoms with Crippen LogP contribution in [0.2, 0.25) is 0 Å². The zero-order valence-electron chi connectivity index (χ0n) is 5.92. The van der Waals surface area contributed by atoms with Crippen LogP contribution in [0.25, 0.3) is 0 Å². The molecule has 1 aliphatic carbocycles. The van der Waals surface area contributed by atoms with E-state index in [0.29, 0.717) is 6.42 Å². The second-order valence-corrected chi connectivity index (χ2v) is 3.38. The molecule has 0 spiro atoms. The number of terminal acetylenes is 1. The first kappa shape index (κ1) is 6.21. The van der Waals surface area contributed by atoms with E-state index in [9.17, 15) is 5.11 Å². The Kier molecular flexibility index (Phi) is 0.862. The first-order valence-corrected chi connectivity index (χ1v) is 3.49. The normalized spacial score (nSPS) is 57.5. The summed E-state index contributed by atoms with van der Waals surface area (Å²) < 4.78 is 5.25. The predicted molar refractivity (Wildman–Crippen MR) is 36.3 cm³/mol. The molecule has 1 N–H and O–H groups in total. The van der Waals surface area contributed by atoms with Gasteiger partial charge >= 0.3 is 0 Å². The van der Waals surface area contributed by atoms with E-state index in [1.165, 1.54) is 0 Å². The highest BCUT2D eigenvalue weighted by molar-refractivity contribution is 5.27. The Morgan fingerprint density at radius 3 is 2.60 bits per heavy atom. The van der Waals surface area contributed by atoms with Gasteiger partial charge in [-0.1, -0.05) is 5.92 Å². The van der Waals surface area contributed by atoms with E-state index in [0.717, 1.165) is 6.42 Å². The van der Waals surface area contributed by atoms with Crippen LogP contribution in [0, 0.1) is 12.3 Å². The van der Waals surface area contributed by atoms with Crippen LogP contribution in [0.4, 0.5) is 0 Å². The van der Waals surface area contributed by atoms with E-state index in [1.54, 1.807) is 0 Å². The summed E-state index contributed by atoms with van der Waals surface area (Å²) >= 11 is 0. The predicted octanol–water partition coefficient (Wildman–Crippen LogP) is 0.302. The number of ether oxygens (including phenoxy) is 1. The van der Waals surface area contributed by atoms with Gasteiger partial charge in [0, 0.05) is 0 Å². The van der Waals surface area contributed by atoms with E-state index in [4.69, 9.17) is 11.2 Å². The lowest BCUT2D eigenvalue weighted by molar-refractivity contribution is 0.0533. The zero-order chi connectivity index (χ0) is 7.41. The zero-order valence-corrected chi connectivity index (χ0v) is 5.92. The molecular weight excluding hydrogens is 128 g/mol. The van der Waals surface area contributed by atoms with E-state index < -0.39 is 5.60 Å². The molecule has 54 valence electrons. The fraction of sp³-hybridized carbons (Fsp3) is 0.750. The molecule has 2 aliphatic rings. The lowest BCUT2D eigenvalue weighted by Gasteiger charge is -2.13. The first-order valence-electron chi connectivity index (χ1n) is 3.49. The van der Waals surface area contributed by atoms with Crippen LogP contribution in [-0.2, 0) is 4.74 Å². The molecule has 0 aromatic heterocycles. The Morgan fingerprint density at radius 1 is 1.70 bits per heavy atom. The molecular formula is C8H10O2. The molecule has 2 rings (SSSR count). The number of hydrogen-bond acceptors (Lipinski definition) is 2. The van der Waals surface area contributed by atoms with E-state index in [-0.39, 0.29) is 11.7 Å². The van der Waals surface area contributed by atoms with Crippen molar-refractivity contribution in [2.45, 2.75) is 37.1 Å². The summed E-state index contributed by atoms with van der Waals surface area (Å²) in [6.45, 7) is 1.99. The van der Waals surface area contributed by atoms with E-state index in [2.05, 4.69) is 5.92 Å². The fourth-order valence-corrected chi connectivity index (χ4v) is 1.75. The van der Waals surface area contributed by atoms with Crippen LogP contribution in [0.3, 0.4) is 0 Å². The summed E-state index contributed by atoms with van der Waals surface area (Å²) in [5, 5.41) is 9.61. The fourth-order valence-electron chi connectivity index (χ4n) is 1.75. The van der Waals surface area contributed by atoms with Crippen LogP contribution in [0.5, 0.6) is 0 Å². The highest BCUT2D eigenvalue weighted by Crippen LogP contribution is 2.54. The number of rotatable bonds is 0. The quantitative estimate of drug-likeness (QED) is 0.386. The molecule has 0 aromatic carbocycles. The molecule has 0 aromatic rings. The third kappa shape index (κ3) is 0.524. The second-order valence-electron chi connectivity index (χ2n) is 3.38. The Labute approximate surface area is 60.2 Å². The van der Waals surface area contributed by atoms with Gasteiger partial charge in [0.25, 0.3) is 0 Å². The van der Waals surface area contributed by atoms with Crippen molar-refractivity contribution >= 4 is 0 Å². The summed E-state index contributed by atoms with van der Waals surface area (Å²) in [5.41, 5.74) is -1.06. The molecule has 0 amide bonds. The van der Waals surface area contributed by atoms with Crippen LogP contribution in [0.1, 0.15) is 19.8 Å². The second kappa shape index (κ2) is 1.39. The maximum absolute atomic E-state index is 9.61. The third-order valence-corrected chi connectivity index (χ3v) is 2.57. The molecule has 0 bridgehead atoms. The Balaban J connectivity index is 2.26. The molecule has 2 heteroatoms. The average Bonchev–Trinajstić information content (AvgIpc) is 2.54. The molecule has 0 unspecified atom stereocenters. The average molecular weight is 138 g/mol. The smallest absolute Gasteiger partial charge is 0.154 e. The van der Waals surface area contributed by atoms with Crippen LogP contribution >= 0.6 is 0 Å². The van der Waals surface area contributed by atoms with E-state index in [1.807, 2.05) is 6.92 Å². The maximum atomic E-state index is 9.61. The van der Waals surface area contributed by atoms with Gasteiger partial charge in [-0.3, -0.25) is 0 Å². The number of aliphatic hydroxyl groups is 1. The van der Waals surface area contributed by atoms with Crippen molar-refractivity contribution in [3.63, 3.8) is 0 Å². The summed E-state index contributed by atoms with van der Waals surface area (Å²) in [7, 11) is 0.